The van der Waals surface area contributed by atoms with Crippen LogP contribution in [0.5, 0.6) is 5.75 Å². The van der Waals surface area contributed by atoms with E-state index < -0.39 is 0 Å². The highest BCUT2D eigenvalue weighted by Crippen LogP contribution is 2.23. The van der Waals surface area contributed by atoms with Crippen LogP contribution in [0.1, 0.15) is 28.4 Å². The number of rotatable bonds is 7. The summed E-state index contributed by atoms with van der Waals surface area (Å²) >= 11 is 6.03. The minimum absolute atomic E-state index is 0.103. The molecule has 0 aliphatic heterocycles. The van der Waals surface area contributed by atoms with Crippen molar-refractivity contribution in [2.75, 3.05) is 13.2 Å². The van der Waals surface area contributed by atoms with Gasteiger partial charge in [0.1, 0.15) is 5.75 Å². The molecule has 122 valence electrons. The van der Waals surface area contributed by atoms with E-state index in [1.165, 1.54) is 0 Å². The van der Waals surface area contributed by atoms with Gasteiger partial charge in [0, 0.05) is 23.7 Å². The van der Waals surface area contributed by atoms with E-state index in [2.05, 4.69) is 5.32 Å². The molecule has 2 aromatic rings. The summed E-state index contributed by atoms with van der Waals surface area (Å²) in [4.78, 5) is 12.1. The molecule has 0 unspecified atom stereocenters. The van der Waals surface area contributed by atoms with E-state index >= 15 is 0 Å². The van der Waals surface area contributed by atoms with Gasteiger partial charge in [-0.1, -0.05) is 23.7 Å². The normalized spacial score (nSPS) is 10.4. The van der Waals surface area contributed by atoms with Gasteiger partial charge in [0.2, 0.25) is 0 Å². The zero-order valence-corrected chi connectivity index (χ0v) is 13.9. The van der Waals surface area contributed by atoms with E-state index in [0.717, 1.165) is 16.9 Å². The smallest absolute Gasteiger partial charge is 0.251 e. The van der Waals surface area contributed by atoms with Crippen molar-refractivity contribution in [2.45, 2.75) is 19.9 Å². The molecule has 0 saturated carbocycles. The van der Waals surface area contributed by atoms with Crippen LogP contribution in [0.25, 0.3) is 0 Å². The van der Waals surface area contributed by atoms with Crippen LogP contribution in [-0.4, -0.2) is 19.1 Å². The zero-order chi connectivity index (χ0) is 16.7. The van der Waals surface area contributed by atoms with Crippen molar-refractivity contribution in [2.24, 2.45) is 5.73 Å². The van der Waals surface area contributed by atoms with Gasteiger partial charge >= 0.3 is 0 Å². The number of nitrogens with two attached hydrogens (primary N) is 1. The molecule has 0 aliphatic carbocycles. The molecular formula is C18H21ClN2O2. The number of nitrogens with one attached hydrogen (secondary N) is 1. The highest BCUT2D eigenvalue weighted by atomic mass is 35.5. The molecule has 4 nitrogen and oxygen atoms in total. The molecule has 0 fully saturated rings. The highest BCUT2D eigenvalue weighted by molar-refractivity contribution is 6.30. The maximum absolute atomic E-state index is 12.1. The van der Waals surface area contributed by atoms with E-state index in [9.17, 15) is 4.79 Å². The second kappa shape index (κ2) is 8.56. The number of benzene rings is 2. The van der Waals surface area contributed by atoms with Crippen LogP contribution < -0.4 is 15.8 Å². The summed E-state index contributed by atoms with van der Waals surface area (Å²) in [5, 5.41) is 3.56. The number of halogens is 1. The minimum Gasteiger partial charge on any atom is -0.494 e. The van der Waals surface area contributed by atoms with Gasteiger partial charge in [-0.05, 0) is 54.8 Å². The summed E-state index contributed by atoms with van der Waals surface area (Å²) in [5.41, 5.74) is 8.16. The van der Waals surface area contributed by atoms with Crippen LogP contribution in [0.4, 0.5) is 0 Å². The summed E-state index contributed by atoms with van der Waals surface area (Å²) in [7, 11) is 0. The second-order valence-electron chi connectivity index (χ2n) is 5.09. The molecular weight excluding hydrogens is 312 g/mol. The molecule has 1 amide bonds. The standard InChI is InChI=1S/C18H21ClN2O2/c1-2-23-17-8-7-16(19)11-15(17)9-10-21-18(22)14-5-3-13(12-20)4-6-14/h3-8,11H,2,9-10,12,20H2,1H3,(H,21,22). The number of ether oxygens (including phenoxy) is 1. The molecule has 0 atom stereocenters. The van der Waals surface area contributed by atoms with Gasteiger partial charge in [-0.3, -0.25) is 4.79 Å². The van der Waals surface area contributed by atoms with Crippen molar-refractivity contribution >= 4 is 17.5 Å². The largest absolute Gasteiger partial charge is 0.494 e. The van der Waals surface area contributed by atoms with Gasteiger partial charge < -0.3 is 15.8 Å². The summed E-state index contributed by atoms with van der Waals surface area (Å²) in [6.07, 6.45) is 0.655. The molecule has 0 radical (unpaired) electrons. The number of hydrogen-bond donors (Lipinski definition) is 2. The SMILES string of the molecule is CCOc1ccc(Cl)cc1CCNC(=O)c1ccc(CN)cc1. The van der Waals surface area contributed by atoms with Crippen LogP contribution in [0, 0.1) is 0 Å². The quantitative estimate of drug-likeness (QED) is 0.818. The first kappa shape index (κ1) is 17.3. The monoisotopic (exact) mass is 332 g/mol. The van der Waals surface area contributed by atoms with Crippen molar-refractivity contribution in [3.63, 3.8) is 0 Å². The molecule has 0 saturated heterocycles. The summed E-state index contributed by atoms with van der Waals surface area (Å²) in [6, 6.07) is 12.8. The van der Waals surface area contributed by atoms with Crippen LogP contribution in [0.3, 0.4) is 0 Å². The number of amides is 1. The molecule has 23 heavy (non-hydrogen) atoms. The molecule has 0 aromatic heterocycles. The predicted octanol–water partition coefficient (Wildman–Crippen LogP) is 3.17. The van der Waals surface area contributed by atoms with Crippen molar-refractivity contribution in [3.05, 3.63) is 64.2 Å². The Kier molecular flexibility index (Phi) is 6.44. The van der Waals surface area contributed by atoms with Gasteiger partial charge in [-0.25, -0.2) is 0 Å². The maximum atomic E-state index is 12.1. The fraction of sp³-hybridized carbons (Fsp3) is 0.278. The average molecular weight is 333 g/mol. The number of carbonyl (C=O) groups is 1. The van der Waals surface area contributed by atoms with Crippen LogP contribution in [0.2, 0.25) is 5.02 Å². The molecule has 0 spiro atoms. The lowest BCUT2D eigenvalue weighted by molar-refractivity contribution is 0.0954. The Morgan fingerprint density at radius 3 is 2.61 bits per heavy atom. The fourth-order valence-electron chi connectivity index (χ4n) is 2.24. The first-order valence-corrected chi connectivity index (χ1v) is 8.00. The average Bonchev–Trinajstić information content (AvgIpc) is 2.57. The molecule has 0 heterocycles. The van der Waals surface area contributed by atoms with Gasteiger partial charge in [-0.15, -0.1) is 0 Å². The third kappa shape index (κ3) is 4.98. The lowest BCUT2D eigenvalue weighted by Gasteiger charge is -2.11. The third-order valence-electron chi connectivity index (χ3n) is 3.45. The summed E-state index contributed by atoms with van der Waals surface area (Å²) in [5.74, 6) is 0.701. The van der Waals surface area contributed by atoms with Crippen molar-refractivity contribution < 1.29 is 9.53 Å². The molecule has 2 aromatic carbocycles. The Morgan fingerprint density at radius 1 is 1.22 bits per heavy atom. The van der Waals surface area contributed by atoms with Crippen molar-refractivity contribution in [3.8, 4) is 5.75 Å². The number of hydrogen-bond acceptors (Lipinski definition) is 3. The Morgan fingerprint density at radius 2 is 1.96 bits per heavy atom. The van der Waals surface area contributed by atoms with Gasteiger partial charge in [0.25, 0.3) is 5.91 Å². The van der Waals surface area contributed by atoms with Gasteiger partial charge in [0.05, 0.1) is 6.61 Å². The van der Waals surface area contributed by atoms with E-state index in [1.807, 2.05) is 31.2 Å². The Bertz CT molecular complexity index is 657. The van der Waals surface area contributed by atoms with Crippen LogP contribution >= 0.6 is 11.6 Å². The van der Waals surface area contributed by atoms with Crippen LogP contribution in [-0.2, 0) is 13.0 Å². The van der Waals surface area contributed by atoms with E-state index in [0.29, 0.717) is 36.7 Å². The number of carbonyl (C=O) groups excluding carboxylic acids is 1. The third-order valence-corrected chi connectivity index (χ3v) is 3.69. The van der Waals surface area contributed by atoms with E-state index in [1.54, 1.807) is 18.2 Å². The van der Waals surface area contributed by atoms with Crippen LogP contribution in [0.15, 0.2) is 42.5 Å². The summed E-state index contributed by atoms with van der Waals surface area (Å²) < 4.78 is 5.58. The summed E-state index contributed by atoms with van der Waals surface area (Å²) in [6.45, 7) is 3.51. The second-order valence-corrected chi connectivity index (χ2v) is 5.53. The maximum Gasteiger partial charge on any atom is 0.251 e. The fourth-order valence-corrected chi connectivity index (χ4v) is 2.44. The lowest BCUT2D eigenvalue weighted by Crippen LogP contribution is -2.25. The first-order chi connectivity index (χ1) is 11.1. The Hall–Kier alpha value is -2.04. The Balaban J connectivity index is 1.93. The molecule has 5 heteroatoms. The van der Waals surface area contributed by atoms with E-state index in [4.69, 9.17) is 22.1 Å². The molecule has 0 aliphatic rings. The van der Waals surface area contributed by atoms with Gasteiger partial charge in [0.15, 0.2) is 0 Å². The topological polar surface area (TPSA) is 64.3 Å². The van der Waals surface area contributed by atoms with Gasteiger partial charge in [-0.2, -0.15) is 0 Å². The first-order valence-electron chi connectivity index (χ1n) is 7.62. The molecule has 2 rings (SSSR count). The lowest BCUT2D eigenvalue weighted by atomic mass is 10.1. The molecule has 3 N–H and O–H groups in total. The Labute approximate surface area is 141 Å². The van der Waals surface area contributed by atoms with E-state index in [-0.39, 0.29) is 5.91 Å². The predicted molar refractivity (Wildman–Crippen MR) is 93.0 cm³/mol. The molecule has 0 bridgehead atoms. The van der Waals surface area contributed by atoms with Crippen molar-refractivity contribution in [1.82, 2.24) is 5.32 Å². The minimum atomic E-state index is -0.103. The zero-order valence-electron chi connectivity index (χ0n) is 13.1. The highest BCUT2D eigenvalue weighted by Gasteiger charge is 2.07. The van der Waals surface area contributed by atoms with Crippen molar-refractivity contribution in [1.29, 1.82) is 0 Å².